The Morgan fingerprint density at radius 1 is 0.643 bits per heavy atom. The lowest BCUT2D eigenvalue weighted by atomic mass is 10.2. The molecule has 0 saturated carbocycles. The van der Waals surface area contributed by atoms with Gasteiger partial charge >= 0.3 is 23.1 Å². The maximum atomic E-state index is 10.7. The third kappa shape index (κ3) is 8.38. The standard InChI is InChI=1S/C14H10N2O2.C14H12N2O.CH4.2O2S/c17-16(18)13-6-7-14-11(10-13)8-9-15(14)12-4-2-1-3-5-12;17-15-12-6-7-14-11(10-12)8-9-16(14)13-4-2-1-3-5-13;;2*1-3-2/h1-10H;1-10,15,17H;1H4;;. The van der Waals surface area contributed by atoms with Gasteiger partial charge in [-0.2, -0.15) is 16.8 Å². The van der Waals surface area contributed by atoms with E-state index in [0.29, 0.717) is 5.69 Å². The summed E-state index contributed by atoms with van der Waals surface area (Å²) in [6.45, 7) is 0. The van der Waals surface area contributed by atoms with Gasteiger partial charge in [0.25, 0.3) is 5.69 Å². The number of non-ortho nitro benzene ring substituents is 1. The van der Waals surface area contributed by atoms with Crippen molar-refractivity contribution in [2.24, 2.45) is 0 Å². The maximum absolute atomic E-state index is 10.7. The number of nitro benzene ring substituents is 1. The van der Waals surface area contributed by atoms with Gasteiger partial charge in [0.15, 0.2) is 0 Å². The van der Waals surface area contributed by atoms with E-state index < -0.39 is 23.1 Å². The van der Waals surface area contributed by atoms with Crippen molar-refractivity contribution in [3.8, 4) is 11.4 Å². The van der Waals surface area contributed by atoms with Gasteiger partial charge < -0.3 is 9.13 Å². The summed E-state index contributed by atoms with van der Waals surface area (Å²) in [7, 11) is 0. The number of para-hydroxylation sites is 2. The van der Waals surface area contributed by atoms with Crippen molar-refractivity contribution in [1.29, 1.82) is 0 Å². The number of hydrogen-bond donors (Lipinski definition) is 2. The van der Waals surface area contributed by atoms with Crippen LogP contribution in [0.2, 0.25) is 0 Å². The van der Waals surface area contributed by atoms with Gasteiger partial charge in [-0.25, -0.2) is 0 Å². The van der Waals surface area contributed by atoms with Crippen LogP contribution in [0.3, 0.4) is 0 Å². The molecule has 0 atom stereocenters. The molecule has 0 radical (unpaired) electrons. The fraction of sp³-hybridized carbons (Fsp3) is 0.0345. The summed E-state index contributed by atoms with van der Waals surface area (Å²) in [5.74, 6) is 0. The lowest BCUT2D eigenvalue weighted by molar-refractivity contribution is -0.384. The van der Waals surface area contributed by atoms with E-state index in [1.54, 1.807) is 12.1 Å². The Hall–Kier alpha value is -5.24. The molecule has 0 aliphatic heterocycles. The fourth-order valence-corrected chi connectivity index (χ4v) is 4.08. The lowest BCUT2D eigenvalue weighted by Crippen LogP contribution is -1.92. The molecule has 11 nitrogen and oxygen atoms in total. The van der Waals surface area contributed by atoms with E-state index in [0.717, 1.165) is 33.2 Å². The van der Waals surface area contributed by atoms with Crippen molar-refractivity contribution in [1.82, 2.24) is 9.13 Å². The summed E-state index contributed by atoms with van der Waals surface area (Å²) in [6, 6.07) is 34.6. The Morgan fingerprint density at radius 2 is 1.07 bits per heavy atom. The van der Waals surface area contributed by atoms with Gasteiger partial charge in [0.2, 0.25) is 0 Å². The van der Waals surface area contributed by atoms with E-state index in [2.05, 4.69) is 22.2 Å². The van der Waals surface area contributed by atoms with Crippen LogP contribution < -0.4 is 5.48 Å². The zero-order chi connectivity index (χ0) is 29.6. The van der Waals surface area contributed by atoms with Crippen LogP contribution in [0.1, 0.15) is 7.43 Å². The molecule has 13 heteroatoms. The molecular weight excluding hydrogens is 580 g/mol. The summed E-state index contributed by atoms with van der Waals surface area (Å²) >= 11 is -1.50. The van der Waals surface area contributed by atoms with Crippen molar-refractivity contribution in [3.05, 3.63) is 132 Å². The summed E-state index contributed by atoms with van der Waals surface area (Å²) in [6.07, 6.45) is 3.95. The molecule has 0 bridgehead atoms. The number of hydrogen-bond acceptors (Lipinski definition) is 8. The van der Waals surface area contributed by atoms with Gasteiger partial charge in [0.05, 0.1) is 21.6 Å². The van der Waals surface area contributed by atoms with Crippen molar-refractivity contribution in [2.45, 2.75) is 7.43 Å². The lowest BCUT2D eigenvalue weighted by Gasteiger charge is -2.05. The number of nitro groups is 1. The van der Waals surface area contributed by atoms with Crippen LogP contribution in [0, 0.1) is 10.1 Å². The Labute approximate surface area is 248 Å². The highest BCUT2D eigenvalue weighted by Gasteiger charge is 2.09. The van der Waals surface area contributed by atoms with E-state index in [1.165, 1.54) is 6.07 Å². The minimum atomic E-state index is -0.750. The molecule has 0 fully saturated rings. The largest absolute Gasteiger partial charge is 0.335 e. The molecule has 6 aromatic rings. The van der Waals surface area contributed by atoms with Crippen LogP contribution in [0.25, 0.3) is 33.2 Å². The molecule has 0 aliphatic rings. The molecule has 0 saturated heterocycles. The molecule has 4 aromatic carbocycles. The highest BCUT2D eigenvalue weighted by atomic mass is 32.1. The Bertz CT molecular complexity index is 1800. The van der Waals surface area contributed by atoms with Gasteiger partial charge in [-0.3, -0.25) is 20.8 Å². The molecule has 0 amide bonds. The molecule has 2 N–H and O–H groups in total. The number of nitrogens with one attached hydrogen (secondary N) is 1. The third-order valence-corrected chi connectivity index (χ3v) is 5.77. The first kappa shape index (κ1) is 33.0. The van der Waals surface area contributed by atoms with E-state index in [1.807, 2.05) is 95.8 Å². The molecule has 6 rings (SSSR count). The van der Waals surface area contributed by atoms with Gasteiger partial charge in [-0.1, -0.05) is 43.8 Å². The Balaban J connectivity index is 0.000000243. The van der Waals surface area contributed by atoms with Crippen LogP contribution in [-0.4, -0.2) is 36.1 Å². The Kier molecular flexibility index (Phi) is 13.2. The van der Waals surface area contributed by atoms with Crippen LogP contribution in [-0.2, 0) is 23.1 Å². The summed E-state index contributed by atoms with van der Waals surface area (Å²) in [5.41, 5.74) is 7.23. The fourth-order valence-electron chi connectivity index (χ4n) is 4.08. The first-order valence-corrected chi connectivity index (χ1v) is 13.0. The molecule has 42 heavy (non-hydrogen) atoms. The number of nitrogens with zero attached hydrogens (tertiary/aromatic N) is 3. The smallest absolute Gasteiger partial charge is 0.317 e. The molecule has 0 aliphatic carbocycles. The average Bonchev–Trinajstić information content (AvgIpc) is 3.63. The minimum Gasteiger partial charge on any atom is -0.317 e. The number of aromatic nitrogens is 2. The highest BCUT2D eigenvalue weighted by Crippen LogP contribution is 2.25. The van der Waals surface area contributed by atoms with E-state index >= 15 is 0 Å². The van der Waals surface area contributed by atoms with Crippen LogP contribution in [0.15, 0.2) is 122 Å². The zero-order valence-electron chi connectivity index (χ0n) is 21.1. The topological polar surface area (TPSA) is 154 Å². The zero-order valence-corrected chi connectivity index (χ0v) is 22.7. The quantitative estimate of drug-likeness (QED) is 0.176. The molecule has 0 spiro atoms. The second-order valence-electron chi connectivity index (χ2n) is 8.06. The summed E-state index contributed by atoms with van der Waals surface area (Å²) in [5, 5.41) is 21.5. The van der Waals surface area contributed by atoms with E-state index in [-0.39, 0.29) is 18.0 Å². The van der Waals surface area contributed by atoms with Gasteiger partial charge in [0, 0.05) is 46.7 Å². The van der Waals surface area contributed by atoms with E-state index in [4.69, 9.17) is 22.0 Å². The van der Waals surface area contributed by atoms with Crippen molar-refractivity contribution < 1.29 is 27.0 Å². The minimum absolute atomic E-state index is 0. The van der Waals surface area contributed by atoms with Gasteiger partial charge in [-0.05, 0) is 60.7 Å². The first-order valence-electron chi connectivity index (χ1n) is 11.7. The molecule has 0 unspecified atom stereocenters. The summed E-state index contributed by atoms with van der Waals surface area (Å²) < 4.78 is 37.3. The molecule has 2 heterocycles. The van der Waals surface area contributed by atoms with Crippen molar-refractivity contribution in [3.63, 3.8) is 0 Å². The average molecular weight is 607 g/mol. The second-order valence-corrected chi connectivity index (χ2v) is 8.34. The van der Waals surface area contributed by atoms with Gasteiger partial charge in [-0.15, -0.1) is 0 Å². The molecular formula is C29H26N4O7S2. The number of anilines is 1. The van der Waals surface area contributed by atoms with Crippen LogP contribution in [0.5, 0.6) is 0 Å². The summed E-state index contributed by atoms with van der Waals surface area (Å²) in [4.78, 5) is 10.3. The second kappa shape index (κ2) is 16.8. The predicted octanol–water partition coefficient (Wildman–Crippen LogP) is 6.27. The van der Waals surface area contributed by atoms with Crippen LogP contribution in [0.4, 0.5) is 11.4 Å². The monoisotopic (exact) mass is 606 g/mol. The first-order chi connectivity index (χ1) is 20.0. The van der Waals surface area contributed by atoms with Crippen molar-refractivity contribution >= 4 is 56.3 Å². The molecule has 2 aromatic heterocycles. The maximum Gasteiger partial charge on any atom is 0.335 e. The molecule has 216 valence electrons. The van der Waals surface area contributed by atoms with Crippen molar-refractivity contribution in [2.75, 3.05) is 5.48 Å². The Morgan fingerprint density at radius 3 is 1.50 bits per heavy atom. The normalized spacial score (nSPS) is 9.45. The highest BCUT2D eigenvalue weighted by molar-refractivity contribution is 7.51. The number of fused-ring (bicyclic) bond motifs is 2. The van der Waals surface area contributed by atoms with Crippen LogP contribution >= 0.6 is 0 Å². The third-order valence-electron chi connectivity index (χ3n) is 5.77. The number of benzene rings is 4. The predicted molar refractivity (Wildman–Crippen MR) is 163 cm³/mol. The van der Waals surface area contributed by atoms with E-state index in [9.17, 15) is 10.1 Å². The van der Waals surface area contributed by atoms with Gasteiger partial charge in [0.1, 0.15) is 0 Å². The number of rotatable bonds is 4. The SMILES string of the molecule is C.O=S=O.O=S=O.O=[N+]([O-])c1ccc2c(ccn2-c2ccccc2)c1.ONc1ccc2c(ccn2-c2ccccc2)c1.